The molecule has 0 fully saturated rings. The van der Waals surface area contributed by atoms with Crippen LogP contribution in [0.5, 0.6) is 0 Å². The standard InChI is InChI=1S/C26H30N4O2/c1-5-27-26(32)29(18(2)3)17-24(31)30-22-10-7-6-9-21(22)28-16-8-11-23(28)25(30)20-14-12-19(4)13-15-20/h6-16,18,25H,5,17H2,1-4H3,(H,27,32). The summed E-state index contributed by atoms with van der Waals surface area (Å²) in [4.78, 5) is 29.9. The molecule has 0 bridgehead atoms. The van der Waals surface area contributed by atoms with Gasteiger partial charge in [-0.25, -0.2) is 4.79 Å². The lowest BCUT2D eigenvalue weighted by molar-refractivity contribution is -0.120. The number of hydrogen-bond donors (Lipinski definition) is 1. The zero-order valence-electron chi connectivity index (χ0n) is 19.1. The quantitative estimate of drug-likeness (QED) is 0.640. The Balaban J connectivity index is 1.80. The van der Waals surface area contributed by atoms with E-state index in [9.17, 15) is 9.59 Å². The smallest absolute Gasteiger partial charge is 0.318 e. The van der Waals surface area contributed by atoms with Gasteiger partial charge >= 0.3 is 6.03 Å². The van der Waals surface area contributed by atoms with Gasteiger partial charge in [0, 0.05) is 18.8 Å². The fourth-order valence-corrected chi connectivity index (χ4v) is 4.29. The van der Waals surface area contributed by atoms with E-state index in [1.807, 2.05) is 62.2 Å². The second-order valence-electron chi connectivity index (χ2n) is 8.43. The van der Waals surface area contributed by atoms with Crippen molar-refractivity contribution in [2.75, 3.05) is 18.0 Å². The van der Waals surface area contributed by atoms with E-state index in [0.717, 1.165) is 22.6 Å². The van der Waals surface area contributed by atoms with E-state index in [4.69, 9.17) is 0 Å². The number of rotatable bonds is 5. The van der Waals surface area contributed by atoms with Gasteiger partial charge in [-0.3, -0.25) is 9.69 Å². The van der Waals surface area contributed by atoms with Crippen LogP contribution in [0.4, 0.5) is 10.5 Å². The van der Waals surface area contributed by atoms with Gasteiger partial charge in [0.1, 0.15) is 12.6 Å². The Labute approximate surface area is 189 Å². The molecule has 0 radical (unpaired) electrons. The van der Waals surface area contributed by atoms with E-state index in [-0.39, 0.29) is 30.6 Å². The SMILES string of the molecule is CCNC(=O)N(CC(=O)N1c2ccccc2-n2cccc2C1c1ccc(C)cc1)C(C)C. The Morgan fingerprint density at radius 1 is 1.00 bits per heavy atom. The summed E-state index contributed by atoms with van der Waals surface area (Å²) in [5.74, 6) is -0.115. The molecule has 2 heterocycles. The number of carbonyl (C=O) groups is 2. The molecule has 0 aliphatic carbocycles. The normalized spacial score (nSPS) is 14.7. The van der Waals surface area contributed by atoms with Crippen LogP contribution in [0.1, 0.15) is 43.6 Å². The van der Waals surface area contributed by atoms with Crippen LogP contribution in [0.3, 0.4) is 0 Å². The lowest BCUT2D eigenvalue weighted by atomic mass is 9.97. The fourth-order valence-electron chi connectivity index (χ4n) is 4.29. The van der Waals surface area contributed by atoms with E-state index < -0.39 is 0 Å². The summed E-state index contributed by atoms with van der Waals surface area (Å²) in [6.45, 7) is 8.30. The van der Waals surface area contributed by atoms with Crippen molar-refractivity contribution in [1.29, 1.82) is 0 Å². The Bertz CT molecular complexity index is 1120. The van der Waals surface area contributed by atoms with Crippen molar-refractivity contribution in [2.45, 2.75) is 39.8 Å². The molecule has 6 nitrogen and oxygen atoms in total. The van der Waals surface area contributed by atoms with E-state index in [1.54, 1.807) is 4.90 Å². The number of urea groups is 1. The van der Waals surface area contributed by atoms with Gasteiger partial charge in [0.2, 0.25) is 5.91 Å². The molecule has 0 saturated heterocycles. The molecule has 1 aromatic heterocycles. The molecule has 4 rings (SSSR count). The number of anilines is 1. The van der Waals surface area contributed by atoms with E-state index in [1.165, 1.54) is 5.56 Å². The van der Waals surface area contributed by atoms with Crippen molar-refractivity contribution < 1.29 is 9.59 Å². The van der Waals surface area contributed by atoms with Gasteiger partial charge in [0.05, 0.1) is 17.1 Å². The van der Waals surface area contributed by atoms with Gasteiger partial charge < -0.3 is 14.8 Å². The third-order valence-corrected chi connectivity index (χ3v) is 5.90. The molecule has 3 aromatic rings. The fraction of sp³-hybridized carbons (Fsp3) is 0.308. The monoisotopic (exact) mass is 430 g/mol. The first-order chi connectivity index (χ1) is 15.4. The van der Waals surface area contributed by atoms with Crippen molar-refractivity contribution in [1.82, 2.24) is 14.8 Å². The molecule has 1 aliphatic heterocycles. The predicted octanol–water partition coefficient (Wildman–Crippen LogP) is 4.66. The molecular formula is C26H30N4O2. The number of carbonyl (C=O) groups excluding carboxylic acids is 2. The highest BCUT2D eigenvalue weighted by Crippen LogP contribution is 2.42. The number of fused-ring (bicyclic) bond motifs is 3. The summed E-state index contributed by atoms with van der Waals surface area (Å²) in [5, 5.41) is 2.83. The lowest BCUT2D eigenvalue weighted by Crippen LogP contribution is -2.51. The molecular weight excluding hydrogens is 400 g/mol. The van der Waals surface area contributed by atoms with Crippen LogP contribution < -0.4 is 10.2 Å². The third-order valence-electron chi connectivity index (χ3n) is 5.90. The molecule has 1 atom stereocenters. The Kier molecular flexibility index (Phi) is 6.04. The minimum atomic E-state index is -0.281. The van der Waals surface area contributed by atoms with Crippen LogP contribution in [0.15, 0.2) is 66.9 Å². The zero-order valence-corrected chi connectivity index (χ0v) is 19.1. The summed E-state index contributed by atoms with van der Waals surface area (Å²) in [7, 11) is 0. The molecule has 32 heavy (non-hydrogen) atoms. The van der Waals surface area contributed by atoms with Crippen LogP contribution in [0.25, 0.3) is 5.69 Å². The summed E-state index contributed by atoms with van der Waals surface area (Å²) >= 11 is 0. The van der Waals surface area contributed by atoms with Gasteiger partial charge in [0.15, 0.2) is 0 Å². The largest absolute Gasteiger partial charge is 0.338 e. The molecule has 1 aliphatic rings. The molecule has 1 unspecified atom stereocenters. The minimum Gasteiger partial charge on any atom is -0.338 e. The van der Waals surface area contributed by atoms with Crippen LogP contribution >= 0.6 is 0 Å². The molecule has 166 valence electrons. The zero-order chi connectivity index (χ0) is 22.8. The number of amides is 3. The first-order valence-corrected chi connectivity index (χ1v) is 11.1. The summed E-state index contributed by atoms with van der Waals surface area (Å²) in [5.41, 5.74) is 5.02. The highest BCUT2D eigenvalue weighted by atomic mass is 16.2. The summed E-state index contributed by atoms with van der Waals surface area (Å²) in [6, 6.07) is 19.7. The van der Waals surface area contributed by atoms with Gasteiger partial charge in [0.25, 0.3) is 0 Å². The van der Waals surface area contributed by atoms with Crippen LogP contribution in [0.2, 0.25) is 0 Å². The van der Waals surface area contributed by atoms with E-state index >= 15 is 0 Å². The number of aromatic nitrogens is 1. The van der Waals surface area contributed by atoms with Crippen LogP contribution in [0, 0.1) is 6.92 Å². The highest BCUT2D eigenvalue weighted by Gasteiger charge is 2.37. The van der Waals surface area contributed by atoms with Gasteiger partial charge in [-0.1, -0.05) is 42.0 Å². The first-order valence-electron chi connectivity index (χ1n) is 11.1. The Morgan fingerprint density at radius 3 is 2.34 bits per heavy atom. The summed E-state index contributed by atoms with van der Waals surface area (Å²) < 4.78 is 2.15. The van der Waals surface area contributed by atoms with Crippen molar-refractivity contribution in [3.05, 3.63) is 83.7 Å². The average Bonchev–Trinajstić information content (AvgIpc) is 3.27. The number of benzene rings is 2. The second-order valence-corrected chi connectivity index (χ2v) is 8.43. The number of nitrogens with zero attached hydrogens (tertiary/aromatic N) is 3. The topological polar surface area (TPSA) is 57.6 Å². The number of nitrogens with one attached hydrogen (secondary N) is 1. The lowest BCUT2D eigenvalue weighted by Gasteiger charge is -2.40. The maximum absolute atomic E-state index is 13.9. The third kappa shape index (κ3) is 3.88. The highest BCUT2D eigenvalue weighted by molar-refractivity contribution is 6.00. The maximum atomic E-state index is 13.9. The molecule has 0 saturated carbocycles. The van der Waals surface area contributed by atoms with E-state index in [2.05, 4.69) is 47.1 Å². The van der Waals surface area contributed by atoms with Crippen molar-refractivity contribution >= 4 is 17.6 Å². The Morgan fingerprint density at radius 2 is 1.69 bits per heavy atom. The van der Waals surface area contributed by atoms with Crippen LogP contribution in [-0.4, -0.2) is 40.5 Å². The van der Waals surface area contributed by atoms with Gasteiger partial charge in [-0.2, -0.15) is 0 Å². The molecule has 6 heteroatoms. The average molecular weight is 431 g/mol. The first kappa shape index (κ1) is 21.7. The number of hydrogen-bond acceptors (Lipinski definition) is 2. The second kappa shape index (κ2) is 8.91. The molecule has 1 N–H and O–H groups in total. The maximum Gasteiger partial charge on any atom is 0.318 e. The molecule has 2 aromatic carbocycles. The Hall–Kier alpha value is -3.54. The van der Waals surface area contributed by atoms with Crippen LogP contribution in [-0.2, 0) is 4.79 Å². The summed E-state index contributed by atoms with van der Waals surface area (Å²) in [6.07, 6.45) is 2.03. The van der Waals surface area contributed by atoms with E-state index in [0.29, 0.717) is 6.54 Å². The number of aryl methyl sites for hydroxylation is 1. The van der Waals surface area contributed by atoms with Crippen molar-refractivity contribution in [2.24, 2.45) is 0 Å². The minimum absolute atomic E-state index is 0.000897. The molecule has 3 amide bonds. The van der Waals surface area contributed by atoms with Gasteiger partial charge in [-0.15, -0.1) is 0 Å². The van der Waals surface area contributed by atoms with Crippen molar-refractivity contribution in [3.8, 4) is 5.69 Å². The van der Waals surface area contributed by atoms with Crippen molar-refractivity contribution in [3.63, 3.8) is 0 Å². The van der Waals surface area contributed by atoms with Gasteiger partial charge in [-0.05, 0) is 57.5 Å². The number of para-hydroxylation sites is 2. The molecule has 0 spiro atoms. The predicted molar refractivity (Wildman–Crippen MR) is 127 cm³/mol.